The Hall–Kier alpha value is -0.330. The van der Waals surface area contributed by atoms with Crippen molar-refractivity contribution in [3.63, 3.8) is 0 Å². The molecule has 98 valence electrons. The molecule has 1 rings (SSSR count). The minimum absolute atomic E-state index is 0.181. The lowest BCUT2D eigenvalue weighted by atomic mass is 10.3. The summed E-state index contributed by atoms with van der Waals surface area (Å²) in [6.07, 6.45) is -4.18. The standard InChI is InChI=1S/C10H14ClF3N2S/c1-7(2)16(6-10(12,13)14)4-9-15-8(3-11)5-17-9/h5,7H,3-4,6H2,1-2H3. The molecule has 7 heteroatoms. The van der Waals surface area contributed by atoms with E-state index in [4.69, 9.17) is 11.6 Å². The molecule has 0 amide bonds. The molecule has 0 N–H and O–H groups in total. The molecule has 2 nitrogen and oxygen atoms in total. The second kappa shape index (κ2) is 6.02. The summed E-state index contributed by atoms with van der Waals surface area (Å²) in [5.74, 6) is 0.289. The summed E-state index contributed by atoms with van der Waals surface area (Å²) in [7, 11) is 0. The van der Waals surface area contributed by atoms with Crippen molar-refractivity contribution in [1.29, 1.82) is 0 Å². The minimum Gasteiger partial charge on any atom is -0.286 e. The molecule has 0 spiro atoms. The van der Waals surface area contributed by atoms with Gasteiger partial charge in [0.15, 0.2) is 0 Å². The van der Waals surface area contributed by atoms with Crippen LogP contribution in [0.1, 0.15) is 24.5 Å². The van der Waals surface area contributed by atoms with Crippen molar-refractivity contribution in [2.45, 2.75) is 38.5 Å². The summed E-state index contributed by atoms with van der Waals surface area (Å²) in [5, 5.41) is 2.44. The van der Waals surface area contributed by atoms with Crippen molar-refractivity contribution in [2.75, 3.05) is 6.54 Å². The lowest BCUT2D eigenvalue weighted by molar-refractivity contribution is -0.150. The predicted octanol–water partition coefficient (Wildman–Crippen LogP) is 3.65. The summed E-state index contributed by atoms with van der Waals surface area (Å²) in [5.41, 5.74) is 0.711. The van der Waals surface area contributed by atoms with Gasteiger partial charge in [0.25, 0.3) is 0 Å². The summed E-state index contributed by atoms with van der Waals surface area (Å²) in [6.45, 7) is 2.77. The smallest absolute Gasteiger partial charge is 0.286 e. The van der Waals surface area contributed by atoms with Gasteiger partial charge in [-0.25, -0.2) is 4.98 Å². The van der Waals surface area contributed by atoms with Crippen LogP contribution < -0.4 is 0 Å². The summed E-state index contributed by atoms with van der Waals surface area (Å²) < 4.78 is 37.1. The molecule has 0 bridgehead atoms. The van der Waals surface area contributed by atoms with Crippen LogP contribution in [0.15, 0.2) is 5.38 Å². The number of halogens is 4. The van der Waals surface area contributed by atoms with Gasteiger partial charge in [0.2, 0.25) is 0 Å². The zero-order valence-corrected chi connectivity index (χ0v) is 11.2. The van der Waals surface area contributed by atoms with Crippen molar-refractivity contribution >= 4 is 22.9 Å². The van der Waals surface area contributed by atoms with Crippen LogP contribution >= 0.6 is 22.9 Å². The molecule has 0 aliphatic heterocycles. The van der Waals surface area contributed by atoms with E-state index in [9.17, 15) is 13.2 Å². The quantitative estimate of drug-likeness (QED) is 0.768. The van der Waals surface area contributed by atoms with Crippen LogP contribution in [0.5, 0.6) is 0 Å². The lowest BCUT2D eigenvalue weighted by Crippen LogP contribution is -2.38. The van der Waals surface area contributed by atoms with Crippen molar-refractivity contribution < 1.29 is 13.2 Å². The molecule has 0 atom stereocenters. The van der Waals surface area contributed by atoms with E-state index in [-0.39, 0.29) is 18.5 Å². The van der Waals surface area contributed by atoms with Gasteiger partial charge in [-0.2, -0.15) is 13.2 Å². The normalized spacial score (nSPS) is 12.7. The molecule has 1 aromatic rings. The van der Waals surface area contributed by atoms with Crippen LogP contribution in [0, 0.1) is 0 Å². The summed E-state index contributed by atoms with van der Waals surface area (Å²) in [6, 6.07) is -0.181. The van der Waals surface area contributed by atoms with E-state index >= 15 is 0 Å². The van der Waals surface area contributed by atoms with Crippen molar-refractivity contribution in [2.24, 2.45) is 0 Å². The number of thiazole rings is 1. The van der Waals surface area contributed by atoms with Crippen LogP contribution in [0.3, 0.4) is 0 Å². The second-order valence-electron chi connectivity index (χ2n) is 3.98. The zero-order valence-electron chi connectivity index (χ0n) is 9.59. The first-order chi connectivity index (χ1) is 7.81. The maximum Gasteiger partial charge on any atom is 0.401 e. The topological polar surface area (TPSA) is 16.1 Å². The van der Waals surface area contributed by atoms with Gasteiger partial charge in [-0.15, -0.1) is 22.9 Å². The van der Waals surface area contributed by atoms with Gasteiger partial charge in [-0.1, -0.05) is 0 Å². The molecular weight excluding hydrogens is 273 g/mol. The van der Waals surface area contributed by atoms with Gasteiger partial charge in [-0.3, -0.25) is 4.90 Å². The number of rotatable bonds is 5. The fourth-order valence-electron chi connectivity index (χ4n) is 1.31. The Morgan fingerprint density at radius 3 is 2.53 bits per heavy atom. The van der Waals surface area contributed by atoms with Crippen LogP contribution in [0.25, 0.3) is 0 Å². The van der Waals surface area contributed by atoms with Crippen LogP contribution in [0.4, 0.5) is 13.2 Å². The van der Waals surface area contributed by atoms with E-state index in [1.165, 1.54) is 16.2 Å². The third-order valence-corrected chi connectivity index (χ3v) is 3.34. The fourth-order valence-corrected chi connectivity index (χ4v) is 2.35. The number of nitrogens with zero attached hydrogens (tertiary/aromatic N) is 2. The zero-order chi connectivity index (χ0) is 13.1. The fraction of sp³-hybridized carbons (Fsp3) is 0.700. The van der Waals surface area contributed by atoms with E-state index in [2.05, 4.69) is 4.98 Å². The van der Waals surface area contributed by atoms with E-state index in [0.29, 0.717) is 10.7 Å². The van der Waals surface area contributed by atoms with Crippen molar-refractivity contribution in [3.8, 4) is 0 Å². The molecule has 1 aromatic heterocycles. The van der Waals surface area contributed by atoms with Gasteiger partial charge in [0.1, 0.15) is 5.01 Å². The van der Waals surface area contributed by atoms with Gasteiger partial charge >= 0.3 is 6.18 Å². The van der Waals surface area contributed by atoms with E-state index < -0.39 is 12.7 Å². The van der Waals surface area contributed by atoms with Gasteiger partial charge in [-0.05, 0) is 13.8 Å². The molecular formula is C10H14ClF3N2S. The summed E-state index contributed by atoms with van der Waals surface area (Å²) in [4.78, 5) is 5.50. The van der Waals surface area contributed by atoms with Gasteiger partial charge in [0.05, 0.1) is 24.7 Å². The third-order valence-electron chi connectivity index (χ3n) is 2.19. The number of hydrogen-bond donors (Lipinski definition) is 0. The maximum atomic E-state index is 12.4. The number of hydrogen-bond acceptors (Lipinski definition) is 3. The second-order valence-corrected chi connectivity index (χ2v) is 5.19. The first-order valence-corrected chi connectivity index (χ1v) is 6.53. The molecule has 0 aliphatic rings. The Bertz CT molecular complexity index is 352. The Morgan fingerprint density at radius 2 is 2.12 bits per heavy atom. The average molecular weight is 287 g/mol. The van der Waals surface area contributed by atoms with Crippen molar-refractivity contribution in [1.82, 2.24) is 9.88 Å². The number of alkyl halides is 4. The summed E-state index contributed by atoms with van der Waals surface area (Å²) >= 11 is 6.94. The highest BCUT2D eigenvalue weighted by Crippen LogP contribution is 2.21. The molecule has 0 saturated carbocycles. The predicted molar refractivity (Wildman–Crippen MR) is 63.3 cm³/mol. The first-order valence-electron chi connectivity index (χ1n) is 5.12. The van der Waals surface area contributed by atoms with Gasteiger partial charge < -0.3 is 0 Å². The molecule has 0 aromatic carbocycles. The van der Waals surface area contributed by atoms with Gasteiger partial charge in [0, 0.05) is 11.4 Å². The lowest BCUT2D eigenvalue weighted by Gasteiger charge is -2.26. The molecule has 0 saturated heterocycles. The van der Waals surface area contributed by atoms with E-state index in [1.54, 1.807) is 19.2 Å². The SMILES string of the molecule is CC(C)N(Cc1nc(CCl)cs1)CC(F)(F)F. The van der Waals surface area contributed by atoms with Crippen LogP contribution in [-0.2, 0) is 12.4 Å². The Labute approximate surface area is 107 Å². The van der Waals surface area contributed by atoms with E-state index in [0.717, 1.165) is 0 Å². The van der Waals surface area contributed by atoms with Crippen molar-refractivity contribution in [3.05, 3.63) is 16.1 Å². The molecule has 0 aliphatic carbocycles. The molecule has 17 heavy (non-hydrogen) atoms. The minimum atomic E-state index is -4.18. The maximum absolute atomic E-state index is 12.4. The molecule has 0 radical (unpaired) electrons. The monoisotopic (exact) mass is 286 g/mol. The molecule has 0 fully saturated rings. The Balaban J connectivity index is 2.66. The molecule has 0 unspecified atom stereocenters. The highest BCUT2D eigenvalue weighted by molar-refractivity contribution is 7.09. The third kappa shape index (κ3) is 5.23. The molecule has 1 heterocycles. The first kappa shape index (κ1) is 14.7. The van der Waals surface area contributed by atoms with E-state index in [1.807, 2.05) is 0 Å². The Morgan fingerprint density at radius 1 is 1.47 bits per heavy atom. The Kier molecular flexibility index (Phi) is 5.22. The highest BCUT2D eigenvalue weighted by atomic mass is 35.5. The van der Waals surface area contributed by atoms with Crippen LogP contribution in [-0.4, -0.2) is 28.6 Å². The van der Waals surface area contributed by atoms with Crippen LogP contribution in [0.2, 0.25) is 0 Å². The highest BCUT2D eigenvalue weighted by Gasteiger charge is 2.32. The average Bonchev–Trinajstić information content (AvgIpc) is 2.62. The largest absolute Gasteiger partial charge is 0.401 e. The number of aromatic nitrogens is 1.